The maximum atomic E-state index is 11.8. The monoisotopic (exact) mass is 299 g/mol. The molecule has 0 radical (unpaired) electrons. The van der Waals surface area contributed by atoms with Gasteiger partial charge in [-0.3, -0.25) is 9.78 Å². The van der Waals surface area contributed by atoms with E-state index in [0.29, 0.717) is 11.3 Å². The minimum atomic E-state index is -0.405. The van der Waals surface area contributed by atoms with E-state index in [4.69, 9.17) is 23.2 Å². The van der Waals surface area contributed by atoms with Crippen LogP contribution < -0.4 is 10.5 Å². The summed E-state index contributed by atoms with van der Waals surface area (Å²) >= 11 is 11.7. The Morgan fingerprint density at radius 1 is 1.00 bits per heavy atom. The Morgan fingerprint density at radius 2 is 1.74 bits per heavy atom. The van der Waals surface area contributed by atoms with Crippen LogP contribution in [0.5, 0.6) is 0 Å². The van der Waals surface area contributed by atoms with Crippen LogP contribution in [0.15, 0.2) is 4.79 Å². The Labute approximate surface area is 118 Å². The summed E-state index contributed by atoms with van der Waals surface area (Å²) in [5.41, 5.74) is 0.169. The van der Waals surface area contributed by atoms with Crippen LogP contribution in [-0.4, -0.2) is 33.0 Å². The fourth-order valence-electron chi connectivity index (χ4n) is 2.28. The number of halogens is 2. The number of fused-ring (bicyclic) bond motifs is 1. The van der Waals surface area contributed by atoms with Crippen molar-refractivity contribution in [3.05, 3.63) is 20.9 Å². The Balaban J connectivity index is 2.24. The number of aromatic nitrogens is 4. The van der Waals surface area contributed by atoms with Gasteiger partial charge in [0.25, 0.3) is 5.56 Å². The summed E-state index contributed by atoms with van der Waals surface area (Å²) in [6.07, 6.45) is 3.36. The normalized spacial score (nSPS) is 16.0. The van der Waals surface area contributed by atoms with E-state index in [1.54, 1.807) is 0 Å². The van der Waals surface area contributed by atoms with Crippen molar-refractivity contribution in [3.8, 4) is 0 Å². The summed E-state index contributed by atoms with van der Waals surface area (Å²) in [6, 6.07) is 0. The Bertz CT molecular complexity index is 681. The molecule has 2 aromatic rings. The minimum Gasteiger partial charge on any atom is -0.355 e. The lowest BCUT2D eigenvalue weighted by Gasteiger charge is -2.28. The molecular weight excluding hydrogens is 289 g/mol. The molecule has 3 heterocycles. The number of anilines is 1. The molecule has 1 N–H and O–H groups in total. The number of piperidine rings is 1. The second-order valence-corrected chi connectivity index (χ2v) is 5.11. The van der Waals surface area contributed by atoms with Crippen molar-refractivity contribution in [2.24, 2.45) is 0 Å². The maximum absolute atomic E-state index is 11.8. The molecule has 3 rings (SSSR count). The van der Waals surface area contributed by atoms with Gasteiger partial charge in [-0.15, -0.1) is 0 Å². The quantitative estimate of drug-likeness (QED) is 0.815. The molecule has 19 heavy (non-hydrogen) atoms. The Hall–Kier alpha value is -1.40. The van der Waals surface area contributed by atoms with Gasteiger partial charge in [0.1, 0.15) is 5.52 Å². The highest BCUT2D eigenvalue weighted by atomic mass is 35.5. The number of hydrogen-bond acceptors (Lipinski definition) is 5. The summed E-state index contributed by atoms with van der Waals surface area (Å²) in [7, 11) is 0. The minimum absolute atomic E-state index is 0.0293. The number of hydrogen-bond donors (Lipinski definition) is 1. The number of rotatable bonds is 1. The molecule has 0 amide bonds. The van der Waals surface area contributed by atoms with E-state index in [-0.39, 0.29) is 16.1 Å². The molecule has 1 fully saturated rings. The van der Waals surface area contributed by atoms with Crippen LogP contribution in [0.2, 0.25) is 10.6 Å². The highest BCUT2D eigenvalue weighted by molar-refractivity contribution is 6.29. The number of nitrogens with zero attached hydrogens (tertiary/aromatic N) is 4. The molecular formula is C11H11Cl2N5O. The second kappa shape index (κ2) is 4.94. The predicted octanol–water partition coefficient (Wildman–Crippen LogP) is 2.01. The van der Waals surface area contributed by atoms with Crippen molar-refractivity contribution >= 4 is 40.1 Å². The van der Waals surface area contributed by atoms with Crippen molar-refractivity contribution in [1.82, 2.24) is 19.9 Å². The lowest BCUT2D eigenvalue weighted by Crippen LogP contribution is -2.31. The molecule has 0 bridgehead atoms. The van der Waals surface area contributed by atoms with E-state index in [1.807, 2.05) is 0 Å². The molecule has 2 aromatic heterocycles. The number of aromatic amines is 1. The van der Waals surface area contributed by atoms with E-state index in [2.05, 4.69) is 24.8 Å². The lowest BCUT2D eigenvalue weighted by atomic mass is 10.1. The first-order valence-electron chi connectivity index (χ1n) is 6.03. The van der Waals surface area contributed by atoms with Crippen LogP contribution in [0, 0.1) is 0 Å². The molecule has 6 nitrogen and oxygen atoms in total. The van der Waals surface area contributed by atoms with Crippen LogP contribution in [0.1, 0.15) is 19.3 Å². The molecule has 0 unspecified atom stereocenters. The molecule has 0 aromatic carbocycles. The zero-order chi connectivity index (χ0) is 13.4. The van der Waals surface area contributed by atoms with Gasteiger partial charge in [0.2, 0.25) is 10.6 Å². The van der Waals surface area contributed by atoms with Crippen molar-refractivity contribution in [1.29, 1.82) is 0 Å². The van der Waals surface area contributed by atoms with Gasteiger partial charge in [0.15, 0.2) is 11.3 Å². The summed E-state index contributed by atoms with van der Waals surface area (Å²) in [6.45, 7) is 1.74. The first-order valence-corrected chi connectivity index (χ1v) is 6.79. The van der Waals surface area contributed by atoms with Crippen LogP contribution in [0.3, 0.4) is 0 Å². The zero-order valence-corrected chi connectivity index (χ0v) is 11.5. The highest BCUT2D eigenvalue weighted by Crippen LogP contribution is 2.25. The van der Waals surface area contributed by atoms with Crippen molar-refractivity contribution in [2.75, 3.05) is 18.0 Å². The summed E-state index contributed by atoms with van der Waals surface area (Å²) < 4.78 is 0. The molecule has 0 saturated carbocycles. The molecule has 0 spiro atoms. The summed E-state index contributed by atoms with van der Waals surface area (Å²) in [5.74, 6) is 0.586. The zero-order valence-electron chi connectivity index (χ0n) is 9.99. The van der Waals surface area contributed by atoms with Gasteiger partial charge in [0.05, 0.1) is 0 Å². The van der Waals surface area contributed by atoms with Gasteiger partial charge < -0.3 is 4.90 Å². The molecule has 1 saturated heterocycles. The molecule has 0 atom stereocenters. The van der Waals surface area contributed by atoms with Crippen LogP contribution in [0.25, 0.3) is 11.0 Å². The van der Waals surface area contributed by atoms with E-state index in [1.165, 1.54) is 6.42 Å². The highest BCUT2D eigenvalue weighted by Gasteiger charge is 2.19. The Kier molecular flexibility index (Phi) is 3.28. The third-order valence-corrected chi connectivity index (χ3v) is 3.48. The largest absolute Gasteiger partial charge is 0.355 e. The standard InChI is InChI=1S/C11H11Cl2N5O/c12-10-15-7-6(14-11(13)17-9(7)19)8(16-10)18-4-2-1-3-5-18/h1-5H2,(H,14,17,19). The first-order chi connectivity index (χ1) is 9.15. The second-order valence-electron chi connectivity index (χ2n) is 4.42. The van der Waals surface area contributed by atoms with Gasteiger partial charge in [0, 0.05) is 13.1 Å². The molecule has 8 heteroatoms. The third kappa shape index (κ3) is 2.37. The molecule has 1 aliphatic heterocycles. The van der Waals surface area contributed by atoms with E-state index in [0.717, 1.165) is 25.9 Å². The predicted molar refractivity (Wildman–Crippen MR) is 74.0 cm³/mol. The summed E-state index contributed by atoms with van der Waals surface area (Å²) in [4.78, 5) is 28.6. The van der Waals surface area contributed by atoms with Crippen LogP contribution in [0.4, 0.5) is 5.82 Å². The van der Waals surface area contributed by atoms with Gasteiger partial charge in [-0.05, 0) is 42.5 Å². The van der Waals surface area contributed by atoms with Crippen LogP contribution in [-0.2, 0) is 0 Å². The average Bonchev–Trinajstić information content (AvgIpc) is 2.40. The van der Waals surface area contributed by atoms with Gasteiger partial charge in [-0.2, -0.15) is 4.98 Å². The molecule has 1 aliphatic rings. The fraction of sp³-hybridized carbons (Fsp3) is 0.455. The SMILES string of the molecule is O=c1[nH]c(Cl)nc2c(N3CCCCC3)nc(Cl)nc12. The number of nitrogens with one attached hydrogen (secondary N) is 1. The maximum Gasteiger partial charge on any atom is 0.278 e. The van der Waals surface area contributed by atoms with Gasteiger partial charge in [-0.25, -0.2) is 9.97 Å². The van der Waals surface area contributed by atoms with E-state index < -0.39 is 5.56 Å². The van der Waals surface area contributed by atoms with Crippen molar-refractivity contribution in [3.63, 3.8) is 0 Å². The van der Waals surface area contributed by atoms with Gasteiger partial charge >= 0.3 is 0 Å². The van der Waals surface area contributed by atoms with Crippen LogP contribution >= 0.6 is 23.2 Å². The number of H-pyrrole nitrogens is 1. The summed E-state index contributed by atoms with van der Waals surface area (Å²) in [5, 5.41) is 0.0735. The smallest absolute Gasteiger partial charge is 0.278 e. The topological polar surface area (TPSA) is 74.8 Å². The third-order valence-electron chi connectivity index (χ3n) is 3.14. The Morgan fingerprint density at radius 3 is 2.47 bits per heavy atom. The van der Waals surface area contributed by atoms with Crippen molar-refractivity contribution < 1.29 is 0 Å². The van der Waals surface area contributed by atoms with Crippen molar-refractivity contribution in [2.45, 2.75) is 19.3 Å². The molecule has 0 aliphatic carbocycles. The van der Waals surface area contributed by atoms with E-state index >= 15 is 0 Å². The first kappa shape index (κ1) is 12.6. The fourth-order valence-corrected chi connectivity index (χ4v) is 2.62. The molecule has 100 valence electrons. The van der Waals surface area contributed by atoms with E-state index in [9.17, 15) is 4.79 Å². The average molecular weight is 300 g/mol. The van der Waals surface area contributed by atoms with Gasteiger partial charge in [-0.1, -0.05) is 0 Å². The lowest BCUT2D eigenvalue weighted by molar-refractivity contribution is 0.574.